The van der Waals surface area contributed by atoms with Crippen LogP contribution >= 0.6 is 0 Å². The first-order valence-corrected chi connectivity index (χ1v) is 7.58. The third-order valence-corrected chi connectivity index (χ3v) is 4.14. The summed E-state index contributed by atoms with van der Waals surface area (Å²) < 4.78 is 5.26. The normalized spacial score (nSPS) is 16.2. The molecule has 4 nitrogen and oxygen atoms in total. The Balaban J connectivity index is 2.18. The van der Waals surface area contributed by atoms with Crippen molar-refractivity contribution in [3.63, 3.8) is 0 Å². The van der Waals surface area contributed by atoms with Gasteiger partial charge in [-0.05, 0) is 56.7 Å². The van der Waals surface area contributed by atoms with Crippen LogP contribution in [0.25, 0.3) is 0 Å². The van der Waals surface area contributed by atoms with Crippen LogP contribution in [-0.4, -0.2) is 37.8 Å². The van der Waals surface area contributed by atoms with E-state index in [4.69, 9.17) is 15.5 Å². The highest BCUT2D eigenvalue weighted by molar-refractivity contribution is 5.48. The Morgan fingerprint density at radius 2 is 2.25 bits per heavy atom. The van der Waals surface area contributed by atoms with Crippen molar-refractivity contribution in [3.8, 4) is 0 Å². The molecule has 4 heteroatoms. The molecule has 0 aliphatic heterocycles. The lowest BCUT2D eigenvalue weighted by Crippen LogP contribution is -2.38. The highest BCUT2D eigenvalue weighted by atomic mass is 16.5. The number of rotatable bonds is 8. The first-order valence-electron chi connectivity index (χ1n) is 7.58. The van der Waals surface area contributed by atoms with Gasteiger partial charge < -0.3 is 15.4 Å². The van der Waals surface area contributed by atoms with Gasteiger partial charge >= 0.3 is 0 Å². The predicted molar refractivity (Wildman–Crippen MR) is 83.1 cm³/mol. The summed E-state index contributed by atoms with van der Waals surface area (Å²) in [5.41, 5.74) is 8.07. The van der Waals surface area contributed by atoms with E-state index in [2.05, 4.69) is 24.8 Å². The molecule has 0 aromatic carbocycles. The second kappa shape index (κ2) is 7.04. The van der Waals surface area contributed by atoms with Gasteiger partial charge in [0.2, 0.25) is 0 Å². The topological polar surface area (TPSA) is 51.4 Å². The fourth-order valence-electron chi connectivity index (χ4n) is 2.76. The molecule has 112 valence electrons. The Hall–Kier alpha value is -1.13. The lowest BCUT2D eigenvalue weighted by Gasteiger charge is -2.31. The van der Waals surface area contributed by atoms with Crippen LogP contribution in [-0.2, 0) is 11.2 Å². The summed E-state index contributed by atoms with van der Waals surface area (Å²) in [4.78, 5) is 7.10. The van der Waals surface area contributed by atoms with Crippen LogP contribution in [0.5, 0.6) is 0 Å². The Morgan fingerprint density at radius 3 is 2.80 bits per heavy atom. The maximum absolute atomic E-state index is 5.62. The molecule has 0 bridgehead atoms. The molecule has 1 heterocycles. The minimum Gasteiger partial charge on any atom is -0.383 e. The molecule has 1 fully saturated rings. The van der Waals surface area contributed by atoms with Gasteiger partial charge in [0.15, 0.2) is 0 Å². The predicted octanol–water partition coefficient (Wildman–Crippen LogP) is 2.14. The molecule has 20 heavy (non-hydrogen) atoms. The zero-order chi connectivity index (χ0) is 14.5. The average Bonchev–Trinajstić information content (AvgIpc) is 3.25. The van der Waals surface area contributed by atoms with Gasteiger partial charge in [0.1, 0.15) is 5.82 Å². The molecule has 1 aliphatic rings. The molecule has 0 amide bonds. The summed E-state index contributed by atoms with van der Waals surface area (Å²) in [6, 6.07) is 2.76. The van der Waals surface area contributed by atoms with E-state index in [0.717, 1.165) is 31.3 Å². The summed E-state index contributed by atoms with van der Waals surface area (Å²) in [5, 5.41) is 0. The quantitative estimate of drug-likeness (QED) is 0.791. The number of methoxy groups -OCH3 is 1. The van der Waals surface area contributed by atoms with Crippen LogP contribution in [0.1, 0.15) is 30.9 Å². The molecule has 1 atom stereocenters. The molecule has 0 spiro atoms. The summed E-state index contributed by atoms with van der Waals surface area (Å²) in [5.74, 6) is 1.92. The van der Waals surface area contributed by atoms with E-state index in [1.54, 1.807) is 7.11 Å². The van der Waals surface area contributed by atoms with Gasteiger partial charge in [0, 0.05) is 25.9 Å². The van der Waals surface area contributed by atoms with Crippen molar-refractivity contribution in [2.75, 3.05) is 31.7 Å². The van der Waals surface area contributed by atoms with Crippen molar-refractivity contribution < 1.29 is 4.74 Å². The molecule has 1 saturated carbocycles. The van der Waals surface area contributed by atoms with Gasteiger partial charge in [-0.2, -0.15) is 0 Å². The maximum Gasteiger partial charge on any atom is 0.131 e. The van der Waals surface area contributed by atoms with Crippen molar-refractivity contribution in [2.24, 2.45) is 11.7 Å². The lowest BCUT2D eigenvalue weighted by atomic mass is 10.1. The molecule has 1 aromatic rings. The first kappa shape index (κ1) is 15.3. The molecule has 2 N–H and O–H groups in total. The van der Waals surface area contributed by atoms with Crippen molar-refractivity contribution in [1.29, 1.82) is 0 Å². The minimum atomic E-state index is 0.539. The van der Waals surface area contributed by atoms with Gasteiger partial charge in [-0.15, -0.1) is 0 Å². The minimum absolute atomic E-state index is 0.539. The van der Waals surface area contributed by atoms with Crippen LogP contribution in [0, 0.1) is 12.8 Å². The third-order valence-electron chi connectivity index (χ3n) is 4.14. The molecule has 1 aromatic heterocycles. The van der Waals surface area contributed by atoms with Gasteiger partial charge in [-0.1, -0.05) is 6.07 Å². The number of hydrogen-bond acceptors (Lipinski definition) is 4. The first-order chi connectivity index (χ1) is 9.67. The van der Waals surface area contributed by atoms with Crippen molar-refractivity contribution in [1.82, 2.24) is 4.98 Å². The second-order valence-electron chi connectivity index (χ2n) is 5.79. The number of aromatic nitrogens is 1. The highest BCUT2D eigenvalue weighted by Gasteiger charge is 2.33. The number of nitrogens with two attached hydrogens (primary N) is 1. The van der Waals surface area contributed by atoms with Crippen LogP contribution < -0.4 is 10.6 Å². The molecule has 0 radical (unpaired) electrons. The zero-order valence-corrected chi connectivity index (χ0v) is 12.9. The molecular formula is C16H27N3O. The maximum atomic E-state index is 5.62. The van der Waals surface area contributed by atoms with Gasteiger partial charge in [0.25, 0.3) is 0 Å². The van der Waals surface area contributed by atoms with Crippen LogP contribution in [0.15, 0.2) is 12.3 Å². The largest absolute Gasteiger partial charge is 0.383 e. The Bertz CT molecular complexity index is 432. The van der Waals surface area contributed by atoms with Crippen LogP contribution in [0.3, 0.4) is 0 Å². The summed E-state index contributed by atoms with van der Waals surface area (Å²) in [7, 11) is 1.75. The molecule has 2 rings (SSSR count). The number of ether oxygens (including phenoxy) is 1. The van der Waals surface area contributed by atoms with Gasteiger partial charge in [-0.3, -0.25) is 0 Å². The number of nitrogens with zero attached hydrogens (tertiary/aromatic N) is 2. The Labute approximate surface area is 122 Å². The molecule has 1 aliphatic carbocycles. The number of pyridine rings is 1. The van der Waals surface area contributed by atoms with E-state index >= 15 is 0 Å². The smallest absolute Gasteiger partial charge is 0.131 e. The van der Waals surface area contributed by atoms with Crippen molar-refractivity contribution in [3.05, 3.63) is 23.4 Å². The zero-order valence-electron chi connectivity index (χ0n) is 12.9. The van der Waals surface area contributed by atoms with E-state index in [1.807, 2.05) is 6.20 Å². The number of aryl methyl sites for hydroxylation is 1. The van der Waals surface area contributed by atoms with Crippen molar-refractivity contribution in [2.45, 2.75) is 39.2 Å². The number of hydrogen-bond donors (Lipinski definition) is 1. The second-order valence-corrected chi connectivity index (χ2v) is 5.79. The summed E-state index contributed by atoms with van der Waals surface area (Å²) in [6.07, 6.45) is 5.54. The standard InChI is InChI=1S/C16H27N3O/c1-12-10-14(6-7-17)11-18-16(12)19(8-9-20-3)13(2)15-4-5-15/h10-11,13,15H,4-9,17H2,1-3H3. The third kappa shape index (κ3) is 3.70. The monoisotopic (exact) mass is 277 g/mol. The van der Waals surface area contributed by atoms with E-state index in [0.29, 0.717) is 12.6 Å². The molecular weight excluding hydrogens is 250 g/mol. The van der Waals surface area contributed by atoms with E-state index < -0.39 is 0 Å². The summed E-state index contributed by atoms with van der Waals surface area (Å²) >= 11 is 0. The van der Waals surface area contributed by atoms with Crippen molar-refractivity contribution >= 4 is 5.82 Å². The number of anilines is 1. The highest BCUT2D eigenvalue weighted by Crippen LogP contribution is 2.37. The SMILES string of the molecule is COCCN(c1ncc(CCN)cc1C)C(C)C1CC1. The van der Waals surface area contributed by atoms with Crippen LogP contribution in [0.4, 0.5) is 5.82 Å². The van der Waals surface area contributed by atoms with Crippen LogP contribution in [0.2, 0.25) is 0 Å². The van der Waals surface area contributed by atoms with Gasteiger partial charge in [-0.25, -0.2) is 4.98 Å². The Kier molecular flexibility index (Phi) is 5.38. The van der Waals surface area contributed by atoms with Gasteiger partial charge in [0.05, 0.1) is 6.61 Å². The lowest BCUT2D eigenvalue weighted by molar-refractivity contribution is 0.202. The fraction of sp³-hybridized carbons (Fsp3) is 0.688. The fourth-order valence-corrected chi connectivity index (χ4v) is 2.76. The summed E-state index contributed by atoms with van der Waals surface area (Å²) in [6.45, 7) is 6.76. The average molecular weight is 277 g/mol. The van der Waals surface area contributed by atoms with E-state index in [9.17, 15) is 0 Å². The van der Waals surface area contributed by atoms with E-state index in [1.165, 1.54) is 24.0 Å². The van der Waals surface area contributed by atoms with E-state index in [-0.39, 0.29) is 0 Å². The molecule has 0 saturated heterocycles. The Morgan fingerprint density at radius 1 is 1.50 bits per heavy atom. The molecule has 1 unspecified atom stereocenters.